The van der Waals surface area contributed by atoms with Crippen LogP contribution in [-0.2, 0) is 16.2 Å². The van der Waals surface area contributed by atoms with E-state index in [1.54, 1.807) is 0 Å². The number of hydrogen-bond donors (Lipinski definition) is 1. The molecule has 0 fully saturated rings. The van der Waals surface area contributed by atoms with Gasteiger partial charge >= 0.3 is 0 Å². The standard InChI is InChI=1S/C95H64N2/c1-8-33-64(34-9-1)93(65-35-10-2-11-36-65)83-57-24-26-61-87(83)96-91-77(53-31-59-85(91)93)71-48-28-50-74-80(71)63-81-72(49-29-51-75(81)89(74)79-55-30-52-76-73-47-22-23-56-82(73)95(90(76)79,68-41-16-5-17-42-68)69-43-18-6-19-44-69)78-54-32-60-86-92(78)97(70-45-20-7-21-46-70)88-62-27-25-58-84(88)94(86,66-37-12-3-13-38-66)67-39-14-4-15-40-67/h1-63,96H. The van der Waals surface area contributed by atoms with Crippen molar-refractivity contribution in [3.05, 3.63) is 449 Å². The Balaban J connectivity index is 0.970. The molecule has 2 heterocycles. The van der Waals surface area contributed by atoms with Crippen LogP contribution in [0.15, 0.2) is 382 Å². The molecule has 2 heteroatoms. The van der Waals surface area contributed by atoms with Crippen LogP contribution in [0.1, 0.15) is 66.8 Å². The molecule has 97 heavy (non-hydrogen) atoms. The maximum absolute atomic E-state index is 4.17. The summed E-state index contributed by atoms with van der Waals surface area (Å²) in [6.07, 6.45) is 0. The van der Waals surface area contributed by atoms with Crippen molar-refractivity contribution >= 4 is 50.0 Å². The van der Waals surface area contributed by atoms with E-state index in [-0.39, 0.29) is 0 Å². The number of anilines is 5. The fraction of sp³-hybridized carbons (Fsp3) is 0.0316. The Labute approximate surface area is 566 Å². The quantitative estimate of drug-likeness (QED) is 0.137. The second kappa shape index (κ2) is 22.4. The Morgan fingerprint density at radius 1 is 0.227 bits per heavy atom. The van der Waals surface area contributed by atoms with E-state index >= 15 is 0 Å². The third kappa shape index (κ3) is 8.08. The Bertz CT molecular complexity index is 5590. The average molecular weight is 1230 g/mol. The van der Waals surface area contributed by atoms with E-state index in [0.29, 0.717) is 0 Å². The number of fused-ring (bicyclic) bond motifs is 9. The van der Waals surface area contributed by atoms with Crippen molar-refractivity contribution in [1.29, 1.82) is 0 Å². The number of nitrogens with zero attached hydrogens (tertiary/aromatic N) is 1. The van der Waals surface area contributed by atoms with E-state index in [4.69, 9.17) is 0 Å². The second-order valence-electron chi connectivity index (χ2n) is 26.1. The maximum atomic E-state index is 4.17. The van der Waals surface area contributed by atoms with Crippen LogP contribution in [0.2, 0.25) is 0 Å². The van der Waals surface area contributed by atoms with E-state index < -0.39 is 16.2 Å². The number of benzene rings is 16. The predicted octanol–water partition coefficient (Wildman–Crippen LogP) is 24.0. The third-order valence-corrected chi connectivity index (χ3v) is 21.5. The summed E-state index contributed by atoms with van der Waals surface area (Å²) in [6, 6.07) is 144. The molecule has 454 valence electrons. The molecule has 1 aliphatic carbocycles. The number of rotatable bonds is 10. The molecule has 1 N–H and O–H groups in total. The predicted molar refractivity (Wildman–Crippen MR) is 403 cm³/mol. The Kier molecular flexibility index (Phi) is 13.0. The Morgan fingerprint density at radius 3 is 1.16 bits per heavy atom. The molecule has 3 aliphatic rings. The zero-order chi connectivity index (χ0) is 64.1. The molecule has 0 aromatic heterocycles. The highest BCUT2D eigenvalue weighted by Crippen LogP contribution is 2.64. The molecule has 0 unspecified atom stereocenters. The van der Waals surface area contributed by atoms with Crippen LogP contribution in [0, 0.1) is 0 Å². The summed E-state index contributed by atoms with van der Waals surface area (Å²) < 4.78 is 0. The Hall–Kier alpha value is -12.4. The summed E-state index contributed by atoms with van der Waals surface area (Å²) in [5.74, 6) is 0. The third-order valence-electron chi connectivity index (χ3n) is 21.5. The van der Waals surface area contributed by atoms with Gasteiger partial charge in [-0.3, -0.25) is 0 Å². The highest BCUT2D eigenvalue weighted by molar-refractivity contribution is 6.21. The lowest BCUT2D eigenvalue weighted by molar-refractivity contribution is 0.731. The van der Waals surface area contributed by atoms with Gasteiger partial charge in [-0.25, -0.2) is 0 Å². The van der Waals surface area contributed by atoms with Gasteiger partial charge in [0.2, 0.25) is 0 Å². The first-order valence-corrected chi connectivity index (χ1v) is 33.8. The summed E-state index contributed by atoms with van der Waals surface area (Å²) in [7, 11) is 0. The van der Waals surface area contributed by atoms with Gasteiger partial charge in [0, 0.05) is 22.5 Å². The molecule has 0 spiro atoms. The molecule has 0 bridgehead atoms. The molecule has 0 atom stereocenters. The largest absolute Gasteiger partial charge is 0.354 e. The van der Waals surface area contributed by atoms with Gasteiger partial charge < -0.3 is 10.2 Å². The summed E-state index contributed by atoms with van der Waals surface area (Å²) in [5.41, 5.74) is 27.6. The zero-order valence-electron chi connectivity index (χ0n) is 53.3. The molecule has 0 radical (unpaired) electrons. The van der Waals surface area contributed by atoms with E-state index in [0.717, 1.165) is 61.5 Å². The van der Waals surface area contributed by atoms with Gasteiger partial charge in [-0.1, -0.05) is 352 Å². The van der Waals surface area contributed by atoms with Crippen LogP contribution in [0.4, 0.5) is 28.4 Å². The average Bonchev–Trinajstić information content (AvgIpc) is 1.58. The molecule has 0 saturated heterocycles. The lowest BCUT2D eigenvalue weighted by Crippen LogP contribution is -2.38. The van der Waals surface area contributed by atoms with E-state index in [9.17, 15) is 0 Å². The lowest BCUT2D eigenvalue weighted by atomic mass is 9.62. The molecule has 16 aromatic rings. The molecule has 0 saturated carbocycles. The molecule has 0 amide bonds. The van der Waals surface area contributed by atoms with Gasteiger partial charge in [0.1, 0.15) is 0 Å². The fourth-order valence-electron chi connectivity index (χ4n) is 17.8. The fourth-order valence-corrected chi connectivity index (χ4v) is 17.8. The number of hydrogen-bond acceptors (Lipinski definition) is 2. The highest BCUT2D eigenvalue weighted by atomic mass is 15.2. The van der Waals surface area contributed by atoms with Crippen molar-refractivity contribution in [2.75, 3.05) is 10.2 Å². The van der Waals surface area contributed by atoms with Crippen LogP contribution in [-0.4, -0.2) is 0 Å². The first-order valence-electron chi connectivity index (χ1n) is 33.8. The van der Waals surface area contributed by atoms with Gasteiger partial charge in [-0.15, -0.1) is 0 Å². The van der Waals surface area contributed by atoms with E-state index in [1.807, 2.05) is 0 Å². The summed E-state index contributed by atoms with van der Waals surface area (Å²) in [6.45, 7) is 0. The first kappa shape index (κ1) is 56.2. The monoisotopic (exact) mass is 1230 g/mol. The number of nitrogens with one attached hydrogen (secondary N) is 1. The molecule has 2 aliphatic heterocycles. The minimum Gasteiger partial charge on any atom is -0.354 e. The van der Waals surface area contributed by atoms with Gasteiger partial charge in [0.05, 0.1) is 33.3 Å². The molecular formula is C95H64N2. The topological polar surface area (TPSA) is 15.3 Å². The second-order valence-corrected chi connectivity index (χ2v) is 26.1. The van der Waals surface area contributed by atoms with Crippen molar-refractivity contribution in [2.45, 2.75) is 16.2 Å². The van der Waals surface area contributed by atoms with E-state index in [2.05, 4.69) is 392 Å². The van der Waals surface area contributed by atoms with Crippen LogP contribution in [0.3, 0.4) is 0 Å². The SMILES string of the molecule is c1ccc(N2c3ccccc3C(c3ccccc3)(c3ccccc3)c3cccc(-c4cccc5c(-c6cccc7c6C(c6ccccc6)(c6ccccc6)c6ccccc6-7)c6cccc(-c7cccc8c7Nc7ccccc7C8(c7ccccc7)c7ccccc7)c6cc45)c32)cc1. The van der Waals surface area contributed by atoms with Gasteiger partial charge in [0.15, 0.2) is 0 Å². The van der Waals surface area contributed by atoms with Gasteiger partial charge in [-0.2, -0.15) is 0 Å². The normalized spacial score (nSPS) is 14.1. The summed E-state index contributed by atoms with van der Waals surface area (Å²) in [4.78, 5) is 2.55. The van der Waals surface area contributed by atoms with Crippen molar-refractivity contribution in [2.24, 2.45) is 0 Å². The van der Waals surface area contributed by atoms with Crippen molar-refractivity contribution < 1.29 is 0 Å². The molecule has 16 aromatic carbocycles. The molecular weight excluding hydrogens is 1170 g/mol. The minimum absolute atomic E-state index is 0.659. The zero-order valence-corrected chi connectivity index (χ0v) is 53.3. The van der Waals surface area contributed by atoms with Crippen molar-refractivity contribution in [3.8, 4) is 44.5 Å². The van der Waals surface area contributed by atoms with Gasteiger partial charge in [-0.05, 0) is 152 Å². The minimum atomic E-state index is -0.712. The number of para-hydroxylation sites is 5. The van der Waals surface area contributed by atoms with E-state index in [1.165, 1.54) is 99.8 Å². The van der Waals surface area contributed by atoms with Crippen LogP contribution in [0.5, 0.6) is 0 Å². The summed E-state index contributed by atoms with van der Waals surface area (Å²) >= 11 is 0. The van der Waals surface area contributed by atoms with Crippen LogP contribution in [0.25, 0.3) is 66.1 Å². The van der Waals surface area contributed by atoms with Crippen molar-refractivity contribution in [1.82, 2.24) is 0 Å². The maximum Gasteiger partial charge on any atom is 0.0742 e. The lowest BCUT2D eigenvalue weighted by Gasteiger charge is -2.47. The van der Waals surface area contributed by atoms with Crippen LogP contribution >= 0.6 is 0 Å². The van der Waals surface area contributed by atoms with Gasteiger partial charge in [0.25, 0.3) is 0 Å². The van der Waals surface area contributed by atoms with Crippen LogP contribution < -0.4 is 10.2 Å². The summed E-state index contributed by atoms with van der Waals surface area (Å²) in [5, 5.41) is 8.84. The Morgan fingerprint density at radius 2 is 0.598 bits per heavy atom. The molecule has 2 nitrogen and oxygen atoms in total. The van der Waals surface area contributed by atoms with Crippen molar-refractivity contribution in [3.63, 3.8) is 0 Å². The smallest absolute Gasteiger partial charge is 0.0742 e. The molecule has 19 rings (SSSR count). The first-order chi connectivity index (χ1) is 48.2. The highest BCUT2D eigenvalue weighted by Gasteiger charge is 2.50.